The molecule has 77 heavy (non-hydrogen) atoms. The molecule has 0 fully saturated rings. The molecule has 0 unspecified atom stereocenters. The van der Waals surface area contributed by atoms with Crippen LogP contribution in [0, 0.1) is 0 Å². The molecule has 0 atom stereocenters. The van der Waals surface area contributed by atoms with Crippen molar-refractivity contribution in [3.05, 3.63) is 266 Å². The summed E-state index contributed by atoms with van der Waals surface area (Å²) in [7, 11) is 0. The summed E-state index contributed by atoms with van der Waals surface area (Å²) in [5.74, 6) is 0. The van der Waals surface area contributed by atoms with Crippen LogP contribution in [-0.2, 0) is 10.8 Å². The van der Waals surface area contributed by atoms with E-state index in [4.69, 9.17) is 0 Å². The molecule has 0 N–H and O–H groups in total. The quantitative estimate of drug-likeness (QED) is 0.147. The highest BCUT2D eigenvalue weighted by Gasteiger charge is 2.45. The molecule has 4 heteroatoms. The molecule has 0 spiro atoms. The Kier molecular flexibility index (Phi) is 10.1. The third-order valence-electron chi connectivity index (χ3n) is 17.2. The zero-order valence-electron chi connectivity index (χ0n) is 43.9. The number of benzene rings is 11. The molecule has 0 bridgehead atoms. The Morgan fingerprint density at radius 2 is 0.688 bits per heavy atom. The number of para-hydroxylation sites is 2. The first kappa shape index (κ1) is 45.3. The molecule has 0 amide bonds. The standard InChI is InChI=1S/C73H56BN3/c1-72(2)47-73(3,4)62-42-53(32-39-61(62)72)52-30-37-57(38-31-52)76-68-41-34-55(50-22-12-7-13-23-50)44-64(68)74-63-43-54(49-20-10-6-11-21-49)33-40-67(63)75(56-35-28-51(29-36-56)48-18-8-5-9-19-48)69-45-58(46-70(76)71(69)74)77-65-26-16-14-24-59(65)60-25-15-17-27-66(60)77/h5-46H,47H2,1-4H3. The van der Waals surface area contributed by atoms with Crippen LogP contribution in [-0.4, -0.2) is 11.3 Å². The first-order valence-electron chi connectivity index (χ1n) is 27.2. The van der Waals surface area contributed by atoms with Gasteiger partial charge in [0.1, 0.15) is 0 Å². The molecule has 2 aliphatic heterocycles. The molecule has 0 saturated carbocycles. The van der Waals surface area contributed by atoms with Gasteiger partial charge in [0.25, 0.3) is 6.71 Å². The van der Waals surface area contributed by atoms with Gasteiger partial charge in [-0.2, -0.15) is 0 Å². The molecule has 15 rings (SSSR count). The van der Waals surface area contributed by atoms with Crippen LogP contribution in [0.3, 0.4) is 0 Å². The highest BCUT2D eigenvalue weighted by molar-refractivity contribution is 7.00. The van der Waals surface area contributed by atoms with Crippen molar-refractivity contribution in [3.8, 4) is 50.2 Å². The summed E-state index contributed by atoms with van der Waals surface area (Å²) < 4.78 is 2.49. The topological polar surface area (TPSA) is 11.4 Å². The fraction of sp³-hybridized carbons (Fsp3) is 0.0959. The van der Waals surface area contributed by atoms with E-state index in [0.29, 0.717) is 0 Å². The van der Waals surface area contributed by atoms with Crippen molar-refractivity contribution in [3.63, 3.8) is 0 Å². The van der Waals surface area contributed by atoms with E-state index in [1.165, 1.54) is 111 Å². The summed E-state index contributed by atoms with van der Waals surface area (Å²) in [6, 6.07) is 95.5. The molecular weight excluding hydrogens is 930 g/mol. The molecule has 366 valence electrons. The normalized spacial score (nSPS) is 14.6. The van der Waals surface area contributed by atoms with E-state index in [1.54, 1.807) is 0 Å². The van der Waals surface area contributed by atoms with Gasteiger partial charge in [0.2, 0.25) is 0 Å². The number of hydrogen-bond acceptors (Lipinski definition) is 2. The van der Waals surface area contributed by atoms with Crippen molar-refractivity contribution in [2.75, 3.05) is 9.80 Å². The number of hydrogen-bond donors (Lipinski definition) is 0. The Labute approximate surface area is 452 Å². The summed E-state index contributed by atoms with van der Waals surface area (Å²) in [5.41, 5.74) is 27.1. The molecule has 1 aliphatic carbocycles. The van der Waals surface area contributed by atoms with E-state index in [0.717, 1.165) is 29.2 Å². The lowest BCUT2D eigenvalue weighted by molar-refractivity contribution is 0.403. The maximum absolute atomic E-state index is 2.57. The number of aromatic nitrogens is 1. The molecule has 0 radical (unpaired) electrons. The zero-order valence-corrected chi connectivity index (χ0v) is 43.9. The smallest absolute Gasteiger partial charge is 0.252 e. The van der Waals surface area contributed by atoms with E-state index >= 15 is 0 Å². The van der Waals surface area contributed by atoms with Crippen LogP contribution in [0.2, 0.25) is 0 Å². The van der Waals surface area contributed by atoms with Crippen molar-refractivity contribution >= 4 is 79.0 Å². The number of rotatable bonds is 7. The second-order valence-electron chi connectivity index (χ2n) is 22.8. The second kappa shape index (κ2) is 17.2. The van der Waals surface area contributed by atoms with Gasteiger partial charge in [-0.05, 0) is 150 Å². The number of nitrogens with zero attached hydrogens (tertiary/aromatic N) is 3. The van der Waals surface area contributed by atoms with Crippen LogP contribution < -0.4 is 26.2 Å². The Morgan fingerprint density at radius 1 is 0.312 bits per heavy atom. The lowest BCUT2D eigenvalue weighted by atomic mass is 9.33. The predicted octanol–water partition coefficient (Wildman–Crippen LogP) is 17.5. The first-order valence-corrected chi connectivity index (χ1v) is 27.2. The minimum Gasteiger partial charge on any atom is -0.311 e. The number of fused-ring (bicyclic) bond motifs is 8. The van der Waals surface area contributed by atoms with Crippen LogP contribution in [0.15, 0.2) is 255 Å². The lowest BCUT2D eigenvalue weighted by Gasteiger charge is -2.44. The van der Waals surface area contributed by atoms with Gasteiger partial charge in [0.05, 0.1) is 16.7 Å². The summed E-state index contributed by atoms with van der Waals surface area (Å²) in [5, 5.41) is 2.48. The van der Waals surface area contributed by atoms with E-state index in [2.05, 4.69) is 297 Å². The molecular formula is C73H56BN3. The molecule has 12 aromatic rings. The van der Waals surface area contributed by atoms with Crippen molar-refractivity contribution in [2.45, 2.75) is 44.9 Å². The summed E-state index contributed by atoms with van der Waals surface area (Å²) in [6.45, 7) is 9.52. The third kappa shape index (κ3) is 7.19. The summed E-state index contributed by atoms with van der Waals surface area (Å²) in [4.78, 5) is 5.12. The number of anilines is 6. The van der Waals surface area contributed by atoms with Crippen molar-refractivity contribution in [1.29, 1.82) is 0 Å². The molecule has 1 aromatic heterocycles. The lowest BCUT2D eigenvalue weighted by Crippen LogP contribution is -2.61. The van der Waals surface area contributed by atoms with Gasteiger partial charge in [0, 0.05) is 44.9 Å². The van der Waals surface area contributed by atoms with Crippen molar-refractivity contribution in [2.24, 2.45) is 0 Å². The highest BCUT2D eigenvalue weighted by Crippen LogP contribution is 2.51. The monoisotopic (exact) mass is 985 g/mol. The van der Waals surface area contributed by atoms with Crippen LogP contribution in [0.25, 0.3) is 72.0 Å². The Morgan fingerprint density at radius 3 is 1.18 bits per heavy atom. The van der Waals surface area contributed by atoms with Crippen molar-refractivity contribution < 1.29 is 0 Å². The second-order valence-corrected chi connectivity index (χ2v) is 22.8. The van der Waals surface area contributed by atoms with E-state index < -0.39 is 0 Å². The highest BCUT2D eigenvalue weighted by atomic mass is 15.2. The Bertz CT molecular complexity index is 4230. The van der Waals surface area contributed by atoms with Crippen LogP contribution in [0.1, 0.15) is 45.2 Å². The Balaban J connectivity index is 1.02. The van der Waals surface area contributed by atoms with Gasteiger partial charge < -0.3 is 14.4 Å². The van der Waals surface area contributed by atoms with Crippen molar-refractivity contribution in [1.82, 2.24) is 4.57 Å². The van der Waals surface area contributed by atoms with Gasteiger partial charge in [-0.25, -0.2) is 0 Å². The largest absolute Gasteiger partial charge is 0.311 e. The van der Waals surface area contributed by atoms with Gasteiger partial charge in [-0.3, -0.25) is 0 Å². The van der Waals surface area contributed by atoms with E-state index in [1.807, 2.05) is 0 Å². The molecule has 0 saturated heterocycles. The summed E-state index contributed by atoms with van der Waals surface area (Å²) >= 11 is 0. The molecule has 3 aliphatic rings. The minimum absolute atomic E-state index is 0.0982. The van der Waals surface area contributed by atoms with Gasteiger partial charge in [-0.15, -0.1) is 0 Å². The molecule has 11 aromatic carbocycles. The Hall–Kier alpha value is -9.12. The predicted molar refractivity (Wildman–Crippen MR) is 327 cm³/mol. The maximum atomic E-state index is 2.57. The summed E-state index contributed by atoms with van der Waals surface area (Å²) in [6.07, 6.45) is 1.14. The maximum Gasteiger partial charge on any atom is 0.252 e. The van der Waals surface area contributed by atoms with E-state index in [9.17, 15) is 0 Å². The van der Waals surface area contributed by atoms with Crippen LogP contribution in [0.5, 0.6) is 0 Å². The zero-order chi connectivity index (χ0) is 51.6. The fourth-order valence-corrected chi connectivity index (χ4v) is 13.9. The molecule has 3 nitrogen and oxygen atoms in total. The average Bonchev–Trinajstić information content (AvgIpc) is 3.92. The fourth-order valence-electron chi connectivity index (χ4n) is 13.9. The van der Waals surface area contributed by atoms with Gasteiger partial charge in [0.15, 0.2) is 0 Å². The van der Waals surface area contributed by atoms with Crippen LogP contribution in [0.4, 0.5) is 34.1 Å². The van der Waals surface area contributed by atoms with Gasteiger partial charge in [-0.1, -0.05) is 222 Å². The van der Waals surface area contributed by atoms with E-state index in [-0.39, 0.29) is 17.5 Å². The average molecular weight is 986 g/mol. The van der Waals surface area contributed by atoms with Gasteiger partial charge >= 0.3 is 0 Å². The third-order valence-corrected chi connectivity index (χ3v) is 17.2. The first-order chi connectivity index (χ1) is 37.7. The van der Waals surface area contributed by atoms with Crippen LogP contribution >= 0.6 is 0 Å². The minimum atomic E-state index is -0.0982. The SMILES string of the molecule is CC1(C)CC(C)(C)c2cc(-c3ccc(N4c5ccc(-c6ccccc6)cc5B5c6cc(-c7ccccc7)ccc6N(c6ccc(-c7ccccc7)cc6)c6cc(-n7c8ccccc8c8ccccc87)cc4c65)cc3)ccc21. The molecule has 3 heterocycles.